The first-order valence-corrected chi connectivity index (χ1v) is 15.5. The van der Waals surface area contributed by atoms with Gasteiger partial charge in [-0.3, -0.25) is 4.79 Å². The summed E-state index contributed by atoms with van der Waals surface area (Å²) in [5.74, 6) is 2.10. The molecule has 1 saturated carbocycles. The lowest BCUT2D eigenvalue weighted by atomic mass is 9.69. The highest BCUT2D eigenvalue weighted by atomic mass is 35.5. The highest BCUT2D eigenvalue weighted by Gasteiger charge is 2.39. The second-order valence-electron chi connectivity index (χ2n) is 11.8. The Morgan fingerprint density at radius 2 is 2.05 bits per heavy atom. The number of fused-ring (bicyclic) bond motifs is 1. The van der Waals surface area contributed by atoms with Crippen molar-refractivity contribution in [2.45, 2.75) is 71.0 Å². The Balaban J connectivity index is 1.56. The van der Waals surface area contributed by atoms with Gasteiger partial charge < -0.3 is 24.4 Å². The van der Waals surface area contributed by atoms with E-state index in [1.807, 2.05) is 39.3 Å². The third-order valence-corrected chi connectivity index (χ3v) is 9.15. The molecule has 1 heterocycles. The fourth-order valence-electron chi connectivity index (χ4n) is 6.22. The van der Waals surface area contributed by atoms with Crippen LogP contribution in [0.5, 0.6) is 5.75 Å². The van der Waals surface area contributed by atoms with E-state index in [1.165, 1.54) is 11.1 Å². The van der Waals surface area contributed by atoms with Gasteiger partial charge in [-0.2, -0.15) is 0 Å². The van der Waals surface area contributed by atoms with Crippen molar-refractivity contribution >= 4 is 23.2 Å². The van der Waals surface area contributed by atoms with Gasteiger partial charge in [-0.05, 0) is 85.4 Å². The molecular weight excluding hydrogens is 536 g/mol. The lowest BCUT2D eigenvalue weighted by Crippen LogP contribution is -2.44. The van der Waals surface area contributed by atoms with Crippen LogP contribution in [0, 0.1) is 11.8 Å². The van der Waals surface area contributed by atoms with E-state index in [1.54, 1.807) is 11.8 Å². The number of hydrogen-bond donors (Lipinski definition) is 1. The molecule has 6 nitrogen and oxygen atoms in total. The number of anilines is 1. The molecule has 1 amide bonds. The number of aliphatic hydroxyl groups is 1. The molecule has 1 aliphatic heterocycles. The normalized spacial score (nSPS) is 21.9. The van der Waals surface area contributed by atoms with Crippen molar-refractivity contribution in [2.24, 2.45) is 11.8 Å². The van der Waals surface area contributed by atoms with Crippen molar-refractivity contribution in [3.8, 4) is 5.75 Å². The van der Waals surface area contributed by atoms with Gasteiger partial charge in [-0.15, -0.1) is 0 Å². The van der Waals surface area contributed by atoms with Crippen LogP contribution in [0.15, 0.2) is 48.6 Å². The summed E-state index contributed by atoms with van der Waals surface area (Å²) in [5.41, 5.74) is 4.57. The molecule has 0 spiro atoms. The van der Waals surface area contributed by atoms with Gasteiger partial charge in [0.25, 0.3) is 0 Å². The van der Waals surface area contributed by atoms with Gasteiger partial charge in [-0.1, -0.05) is 49.2 Å². The average molecular weight is 583 g/mol. The first kappa shape index (κ1) is 31.4. The fourth-order valence-corrected chi connectivity index (χ4v) is 6.42. The summed E-state index contributed by atoms with van der Waals surface area (Å²) < 4.78 is 12.5. The van der Waals surface area contributed by atoms with Crippen LogP contribution >= 0.6 is 11.6 Å². The highest BCUT2D eigenvalue weighted by Crippen LogP contribution is 2.43. The Bertz CT molecular complexity index is 1200. The van der Waals surface area contributed by atoms with Crippen molar-refractivity contribution in [1.29, 1.82) is 0 Å². The number of carbonyl (C=O) groups is 1. The second-order valence-corrected chi connectivity index (χ2v) is 12.2. The number of hydrogen-bond acceptors (Lipinski definition) is 5. The summed E-state index contributed by atoms with van der Waals surface area (Å²) >= 11 is 6.40. The summed E-state index contributed by atoms with van der Waals surface area (Å²) in [4.78, 5) is 15.7. The van der Waals surface area contributed by atoms with Gasteiger partial charge in [-0.25, -0.2) is 0 Å². The molecular formula is C34H47ClN2O4. The number of nitrogens with zero attached hydrogens (tertiary/aromatic N) is 2. The lowest BCUT2D eigenvalue weighted by molar-refractivity contribution is -0.127. The number of amides is 1. The number of rotatable bonds is 12. The van der Waals surface area contributed by atoms with E-state index >= 15 is 0 Å². The maximum Gasteiger partial charge on any atom is 0.219 e. The van der Waals surface area contributed by atoms with E-state index in [0.717, 1.165) is 67.2 Å². The van der Waals surface area contributed by atoms with Crippen LogP contribution in [-0.4, -0.2) is 62.4 Å². The Labute approximate surface area is 251 Å². The van der Waals surface area contributed by atoms with E-state index in [9.17, 15) is 9.90 Å². The van der Waals surface area contributed by atoms with Gasteiger partial charge in [0.05, 0.1) is 24.5 Å². The Morgan fingerprint density at radius 1 is 1.24 bits per heavy atom. The van der Waals surface area contributed by atoms with E-state index in [-0.39, 0.29) is 17.9 Å². The molecule has 224 valence electrons. The molecule has 0 saturated heterocycles. The molecule has 5 unspecified atom stereocenters. The number of aliphatic hydroxyl groups excluding tert-OH is 1. The minimum atomic E-state index is -0.545. The van der Waals surface area contributed by atoms with Crippen molar-refractivity contribution < 1.29 is 19.4 Å². The maximum absolute atomic E-state index is 11.5. The summed E-state index contributed by atoms with van der Waals surface area (Å²) in [7, 11) is 3.63. The van der Waals surface area contributed by atoms with E-state index in [0.29, 0.717) is 25.0 Å². The molecule has 2 aliphatic rings. The molecule has 0 radical (unpaired) electrons. The van der Waals surface area contributed by atoms with Crippen LogP contribution in [0.2, 0.25) is 5.02 Å². The average Bonchev–Trinajstić information content (AvgIpc) is 3.11. The van der Waals surface area contributed by atoms with E-state index < -0.39 is 6.10 Å². The number of methoxy groups -OCH3 is 1. The van der Waals surface area contributed by atoms with Crippen LogP contribution in [0.4, 0.5) is 5.69 Å². The number of aryl methyl sites for hydroxylation is 1. The largest absolute Gasteiger partial charge is 0.491 e. The minimum absolute atomic E-state index is 0.0659. The van der Waals surface area contributed by atoms with Gasteiger partial charge >= 0.3 is 0 Å². The van der Waals surface area contributed by atoms with Crippen molar-refractivity contribution in [1.82, 2.24) is 4.90 Å². The fraction of sp³-hybridized carbons (Fsp3) is 0.559. The predicted octanol–water partition coefficient (Wildman–Crippen LogP) is 6.79. The van der Waals surface area contributed by atoms with Crippen LogP contribution in [0.25, 0.3) is 0 Å². The standard InChI is InChI=1S/C34H47ClN2O4/c1-6-9-26-18-29(35)13-15-30(26)28-21-37(32-19-25(23(2)38)12-16-34(32)41-22-28)20-27-11-14-31(27)33(40-5)10-7-8-17-36(4)24(3)39/h7-8,12-13,15-16,18-19,23,27-28,31,33,38H,6,9-11,14,17,20-22H2,1-5H3/b8-7+. The zero-order valence-corrected chi connectivity index (χ0v) is 26.1. The first-order valence-electron chi connectivity index (χ1n) is 15.1. The molecule has 1 aliphatic carbocycles. The number of ether oxygens (including phenoxy) is 2. The SMILES string of the molecule is CCCc1cc(Cl)ccc1C1COc2ccc(C(C)O)cc2N(CC2CCC2C(C/C=C/CN(C)C(C)=O)OC)C1. The summed E-state index contributed by atoms with van der Waals surface area (Å²) in [5, 5.41) is 11.1. The molecule has 5 atom stereocenters. The predicted molar refractivity (Wildman–Crippen MR) is 167 cm³/mol. The van der Waals surface area contributed by atoms with Gasteiger partial charge in [0.1, 0.15) is 5.75 Å². The van der Waals surface area contributed by atoms with Crippen LogP contribution in [0.3, 0.4) is 0 Å². The van der Waals surface area contributed by atoms with Crippen molar-refractivity contribution in [3.05, 3.63) is 70.3 Å². The molecule has 2 aromatic rings. The van der Waals surface area contributed by atoms with Gasteiger partial charge in [0.2, 0.25) is 5.91 Å². The highest BCUT2D eigenvalue weighted by molar-refractivity contribution is 6.30. The summed E-state index contributed by atoms with van der Waals surface area (Å²) in [6, 6.07) is 12.4. The third kappa shape index (κ3) is 7.85. The van der Waals surface area contributed by atoms with Crippen LogP contribution in [0.1, 0.15) is 75.2 Å². The molecule has 4 rings (SSSR count). The van der Waals surface area contributed by atoms with Crippen molar-refractivity contribution in [2.75, 3.05) is 45.3 Å². The lowest BCUT2D eigenvalue weighted by Gasteiger charge is -2.44. The maximum atomic E-state index is 11.5. The first-order chi connectivity index (χ1) is 19.7. The number of halogens is 1. The van der Waals surface area contributed by atoms with Gasteiger partial charge in [0.15, 0.2) is 0 Å². The zero-order valence-electron chi connectivity index (χ0n) is 25.3. The smallest absolute Gasteiger partial charge is 0.219 e. The number of likely N-dealkylation sites (N-methyl/N-ethyl adjacent to an activating group) is 1. The molecule has 41 heavy (non-hydrogen) atoms. The van der Waals surface area contributed by atoms with Crippen LogP contribution < -0.4 is 9.64 Å². The Hall–Kier alpha value is -2.54. The molecule has 1 N–H and O–H groups in total. The van der Waals surface area contributed by atoms with Crippen LogP contribution in [-0.2, 0) is 16.0 Å². The molecule has 0 aromatic heterocycles. The second kappa shape index (κ2) is 14.6. The third-order valence-electron chi connectivity index (χ3n) is 8.91. The monoisotopic (exact) mass is 582 g/mol. The minimum Gasteiger partial charge on any atom is -0.491 e. The van der Waals surface area contributed by atoms with Crippen molar-refractivity contribution in [3.63, 3.8) is 0 Å². The zero-order chi connectivity index (χ0) is 29.5. The van der Waals surface area contributed by atoms with E-state index in [4.69, 9.17) is 21.1 Å². The Morgan fingerprint density at radius 3 is 2.71 bits per heavy atom. The van der Waals surface area contributed by atoms with Gasteiger partial charge in [0, 0.05) is 51.7 Å². The topological polar surface area (TPSA) is 62.2 Å². The molecule has 2 aromatic carbocycles. The Kier molecular flexibility index (Phi) is 11.2. The summed E-state index contributed by atoms with van der Waals surface area (Å²) in [6.45, 7) is 8.56. The molecule has 1 fully saturated rings. The quantitative estimate of drug-likeness (QED) is 0.279. The molecule has 0 bridgehead atoms. The summed E-state index contributed by atoms with van der Waals surface area (Å²) in [6.07, 6.45) is 9.01. The number of benzene rings is 2. The number of carbonyl (C=O) groups excluding carboxylic acids is 1. The molecule has 7 heteroatoms. The van der Waals surface area contributed by atoms with E-state index in [2.05, 4.69) is 42.2 Å².